The van der Waals surface area contributed by atoms with E-state index in [1.54, 1.807) is 0 Å². The monoisotopic (exact) mass is 270 g/mol. The fourth-order valence-electron chi connectivity index (χ4n) is 1.62. The first-order valence-corrected chi connectivity index (χ1v) is 9.36. The fraction of sp³-hybridized carbons (Fsp3) is 0.857. The first kappa shape index (κ1) is 15.7. The van der Waals surface area contributed by atoms with Crippen molar-refractivity contribution in [1.29, 1.82) is 0 Å². The zero-order chi connectivity index (χ0) is 14.2. The maximum absolute atomic E-state index is 6.26. The minimum atomic E-state index is -1.88. The van der Waals surface area contributed by atoms with Gasteiger partial charge >= 0.3 is 0 Å². The molecule has 0 amide bonds. The largest absolute Gasteiger partial charge is 0.390 e. The third kappa shape index (κ3) is 3.58. The number of ether oxygens (including phenoxy) is 2. The molecular formula is C14H26O3Si. The van der Waals surface area contributed by atoms with E-state index in [0.29, 0.717) is 6.42 Å². The summed E-state index contributed by atoms with van der Waals surface area (Å²) in [5, 5.41) is 0.143. The highest BCUT2D eigenvalue weighted by Gasteiger charge is 2.47. The summed E-state index contributed by atoms with van der Waals surface area (Å²) in [7, 11) is -1.88. The molecule has 1 saturated heterocycles. The third-order valence-corrected chi connectivity index (χ3v) is 8.11. The van der Waals surface area contributed by atoms with Gasteiger partial charge in [0.15, 0.2) is 20.4 Å². The molecule has 2 atom stereocenters. The van der Waals surface area contributed by atoms with Crippen molar-refractivity contribution in [3.05, 3.63) is 0 Å². The van der Waals surface area contributed by atoms with E-state index >= 15 is 0 Å². The molecule has 1 heterocycles. The molecule has 1 fully saturated rings. The molecule has 4 heteroatoms. The Labute approximate surface area is 112 Å². The second kappa shape index (κ2) is 4.97. The molecule has 0 saturated carbocycles. The lowest BCUT2D eigenvalue weighted by molar-refractivity contribution is -0.170. The third-order valence-electron chi connectivity index (χ3n) is 3.67. The average Bonchev–Trinajstić information content (AvgIpc) is 2.38. The van der Waals surface area contributed by atoms with E-state index in [-0.39, 0.29) is 17.4 Å². The Bertz CT molecular complexity index is 336. The number of rotatable bonds is 3. The zero-order valence-corrected chi connectivity index (χ0v) is 13.7. The van der Waals surface area contributed by atoms with Gasteiger partial charge in [-0.3, -0.25) is 0 Å². The molecule has 18 heavy (non-hydrogen) atoms. The Morgan fingerprint density at radius 1 is 1.28 bits per heavy atom. The molecule has 0 aromatic heterocycles. The van der Waals surface area contributed by atoms with Crippen LogP contribution >= 0.6 is 0 Å². The Morgan fingerprint density at radius 2 is 1.83 bits per heavy atom. The molecule has 0 radical (unpaired) electrons. The van der Waals surface area contributed by atoms with Gasteiger partial charge in [-0.05, 0) is 32.0 Å². The minimum Gasteiger partial charge on any atom is -0.390 e. The quantitative estimate of drug-likeness (QED) is 0.580. The Morgan fingerprint density at radius 3 is 2.28 bits per heavy atom. The molecule has 0 aromatic carbocycles. The van der Waals surface area contributed by atoms with Crippen molar-refractivity contribution in [2.75, 3.05) is 0 Å². The van der Waals surface area contributed by atoms with Gasteiger partial charge < -0.3 is 13.9 Å². The van der Waals surface area contributed by atoms with E-state index in [4.69, 9.17) is 20.3 Å². The van der Waals surface area contributed by atoms with Gasteiger partial charge in [0.05, 0.1) is 0 Å². The summed E-state index contributed by atoms with van der Waals surface area (Å²) in [4.78, 5) is 0. The standard InChI is InChI=1S/C14H26O3Si/c1-9-10-11-12(16-14(5,6)15-11)17-18(7,8)13(2,3)4/h1,11-12H,10H2,2-8H3/t11-,12+/m0/s1. The maximum Gasteiger partial charge on any atom is 0.195 e. The van der Waals surface area contributed by atoms with Crippen molar-refractivity contribution >= 4 is 8.32 Å². The lowest BCUT2D eigenvalue weighted by Gasteiger charge is -2.38. The van der Waals surface area contributed by atoms with Crippen molar-refractivity contribution in [2.24, 2.45) is 0 Å². The summed E-state index contributed by atoms with van der Waals surface area (Å²) in [6.45, 7) is 14.8. The normalized spacial score (nSPS) is 28.1. The highest BCUT2D eigenvalue weighted by Crippen LogP contribution is 2.40. The van der Waals surface area contributed by atoms with Crippen LogP contribution < -0.4 is 0 Å². The van der Waals surface area contributed by atoms with Crippen LogP contribution in [0.3, 0.4) is 0 Å². The summed E-state index contributed by atoms with van der Waals surface area (Å²) < 4.78 is 17.9. The fourth-order valence-corrected chi connectivity index (χ4v) is 2.76. The van der Waals surface area contributed by atoms with Gasteiger partial charge in [0.2, 0.25) is 0 Å². The van der Waals surface area contributed by atoms with Gasteiger partial charge in [-0.1, -0.05) is 20.8 Å². The Balaban J connectivity index is 2.80. The predicted octanol–water partition coefficient (Wildman–Crippen LogP) is 3.51. The topological polar surface area (TPSA) is 27.7 Å². The van der Waals surface area contributed by atoms with Gasteiger partial charge in [0.1, 0.15) is 6.10 Å². The van der Waals surface area contributed by atoms with Crippen LogP contribution in [0.15, 0.2) is 0 Å². The van der Waals surface area contributed by atoms with Crippen LogP contribution in [-0.4, -0.2) is 26.5 Å². The lowest BCUT2D eigenvalue weighted by atomic mass is 10.2. The predicted molar refractivity (Wildman–Crippen MR) is 75.6 cm³/mol. The van der Waals surface area contributed by atoms with E-state index in [9.17, 15) is 0 Å². The molecule has 0 bridgehead atoms. The zero-order valence-electron chi connectivity index (χ0n) is 12.7. The van der Waals surface area contributed by atoms with Gasteiger partial charge in [0.25, 0.3) is 0 Å². The molecule has 0 unspecified atom stereocenters. The van der Waals surface area contributed by atoms with Crippen LogP contribution in [0.5, 0.6) is 0 Å². The molecule has 0 aliphatic carbocycles. The van der Waals surface area contributed by atoms with Crippen LogP contribution in [-0.2, 0) is 13.9 Å². The first-order valence-electron chi connectivity index (χ1n) is 6.45. The number of hydrogen-bond donors (Lipinski definition) is 0. The summed E-state index contributed by atoms with van der Waals surface area (Å²) in [5.74, 6) is 2.02. The van der Waals surface area contributed by atoms with Crippen molar-refractivity contribution in [1.82, 2.24) is 0 Å². The highest BCUT2D eigenvalue weighted by molar-refractivity contribution is 6.74. The van der Waals surface area contributed by atoms with Crippen LogP contribution in [0.4, 0.5) is 0 Å². The van der Waals surface area contributed by atoms with Crippen molar-refractivity contribution in [3.63, 3.8) is 0 Å². The van der Waals surface area contributed by atoms with Gasteiger partial charge in [-0.2, -0.15) is 0 Å². The van der Waals surface area contributed by atoms with E-state index in [1.807, 2.05) is 13.8 Å². The summed E-state index contributed by atoms with van der Waals surface area (Å²) in [5.41, 5.74) is 0. The van der Waals surface area contributed by atoms with Crippen molar-refractivity contribution < 1.29 is 13.9 Å². The molecule has 0 N–H and O–H groups in total. The van der Waals surface area contributed by atoms with Gasteiger partial charge in [0, 0.05) is 6.42 Å². The van der Waals surface area contributed by atoms with Crippen LogP contribution in [0, 0.1) is 12.3 Å². The van der Waals surface area contributed by atoms with E-state index in [0.717, 1.165) is 0 Å². The Hall–Kier alpha value is -0.343. The van der Waals surface area contributed by atoms with E-state index < -0.39 is 14.1 Å². The number of hydrogen-bond acceptors (Lipinski definition) is 3. The molecule has 3 nitrogen and oxygen atoms in total. The first-order chi connectivity index (χ1) is 7.98. The summed E-state index contributed by atoms with van der Waals surface area (Å²) in [6, 6.07) is 0. The van der Waals surface area contributed by atoms with Crippen LogP contribution in [0.1, 0.15) is 41.0 Å². The molecular weight excluding hydrogens is 244 g/mol. The lowest BCUT2D eigenvalue weighted by Crippen LogP contribution is -2.46. The molecule has 1 aliphatic rings. The smallest absolute Gasteiger partial charge is 0.195 e. The minimum absolute atomic E-state index is 0.143. The van der Waals surface area contributed by atoms with Crippen LogP contribution in [0.25, 0.3) is 0 Å². The molecule has 0 aromatic rings. The number of terminal acetylenes is 1. The SMILES string of the molecule is C#CC[C@@H]1OC(C)(C)O[C@@H]1O[Si](C)(C)C(C)(C)C. The molecule has 1 rings (SSSR count). The summed E-state index contributed by atoms with van der Waals surface area (Å²) in [6.07, 6.45) is 5.38. The average molecular weight is 270 g/mol. The van der Waals surface area contributed by atoms with Gasteiger partial charge in [-0.25, -0.2) is 0 Å². The highest BCUT2D eigenvalue weighted by atomic mass is 28.4. The van der Waals surface area contributed by atoms with E-state index in [1.165, 1.54) is 0 Å². The molecule has 104 valence electrons. The second-order valence-electron chi connectivity index (χ2n) is 6.83. The molecule has 0 spiro atoms. The molecule has 1 aliphatic heterocycles. The summed E-state index contributed by atoms with van der Waals surface area (Å²) >= 11 is 0. The maximum atomic E-state index is 6.26. The van der Waals surface area contributed by atoms with Crippen molar-refractivity contribution in [2.45, 2.75) is 77.4 Å². The van der Waals surface area contributed by atoms with E-state index in [2.05, 4.69) is 39.8 Å². The Kier molecular flexibility index (Phi) is 4.34. The van der Waals surface area contributed by atoms with Crippen LogP contribution in [0.2, 0.25) is 18.1 Å². The second-order valence-corrected chi connectivity index (χ2v) is 11.6. The van der Waals surface area contributed by atoms with Gasteiger partial charge in [-0.15, -0.1) is 12.3 Å². The van der Waals surface area contributed by atoms with Crippen molar-refractivity contribution in [3.8, 4) is 12.3 Å².